The van der Waals surface area contributed by atoms with Crippen LogP contribution in [0.1, 0.15) is 31.6 Å². The highest BCUT2D eigenvalue weighted by molar-refractivity contribution is 7.09. The van der Waals surface area contributed by atoms with Crippen LogP contribution in [0.25, 0.3) is 0 Å². The molecule has 19 heavy (non-hydrogen) atoms. The molecule has 0 atom stereocenters. The summed E-state index contributed by atoms with van der Waals surface area (Å²) < 4.78 is 4.86. The van der Waals surface area contributed by atoms with Crippen LogP contribution in [0.2, 0.25) is 0 Å². The molecule has 1 rings (SSSR count). The Bertz CT molecular complexity index is 389. The number of thiophene rings is 1. The summed E-state index contributed by atoms with van der Waals surface area (Å²) in [6, 6.07) is 4.09. The second kappa shape index (κ2) is 8.69. The van der Waals surface area contributed by atoms with E-state index >= 15 is 0 Å². The van der Waals surface area contributed by atoms with Gasteiger partial charge in [-0.2, -0.15) is 0 Å². The van der Waals surface area contributed by atoms with Crippen LogP contribution in [0.3, 0.4) is 0 Å². The zero-order valence-electron chi connectivity index (χ0n) is 11.6. The summed E-state index contributed by atoms with van der Waals surface area (Å²) in [7, 11) is 0. The first-order valence-corrected chi connectivity index (χ1v) is 7.51. The van der Waals surface area contributed by atoms with Crippen molar-refractivity contribution >= 4 is 23.2 Å². The molecule has 0 aliphatic rings. The summed E-state index contributed by atoms with van der Waals surface area (Å²) >= 11 is 1.71. The van der Waals surface area contributed by atoms with Gasteiger partial charge in [0.1, 0.15) is 6.54 Å². The third-order valence-electron chi connectivity index (χ3n) is 2.75. The topological polar surface area (TPSA) is 46.6 Å². The molecule has 1 heterocycles. The van der Waals surface area contributed by atoms with Crippen LogP contribution in [0.4, 0.5) is 0 Å². The van der Waals surface area contributed by atoms with E-state index in [0.717, 1.165) is 12.8 Å². The first-order chi connectivity index (χ1) is 9.17. The maximum absolute atomic E-state index is 12.0. The Hall–Kier alpha value is -1.36. The van der Waals surface area contributed by atoms with Crippen molar-refractivity contribution in [2.24, 2.45) is 0 Å². The van der Waals surface area contributed by atoms with Crippen molar-refractivity contribution < 1.29 is 14.3 Å². The van der Waals surface area contributed by atoms with Crippen LogP contribution < -0.4 is 0 Å². The van der Waals surface area contributed by atoms with Crippen LogP contribution in [-0.4, -0.2) is 36.5 Å². The molecule has 0 unspecified atom stereocenters. The molecule has 5 heteroatoms. The van der Waals surface area contributed by atoms with Crippen molar-refractivity contribution in [1.29, 1.82) is 0 Å². The summed E-state index contributed by atoms with van der Waals surface area (Å²) in [6.07, 6.45) is 2.21. The standard InChI is InChI=1S/C14H21NO3S/c1-3-15(11-14(17)18-4-2)13(16)9-5-7-12-8-6-10-19-12/h6,8,10H,3-5,7,9,11H2,1-2H3. The number of amides is 1. The number of nitrogens with zero attached hydrogens (tertiary/aromatic N) is 1. The molecule has 0 spiro atoms. The van der Waals surface area contributed by atoms with Gasteiger partial charge in [-0.05, 0) is 38.1 Å². The van der Waals surface area contributed by atoms with Crippen molar-refractivity contribution in [1.82, 2.24) is 4.90 Å². The molecule has 0 bridgehead atoms. The lowest BCUT2D eigenvalue weighted by Gasteiger charge is -2.19. The summed E-state index contributed by atoms with van der Waals surface area (Å²) in [5, 5.41) is 2.04. The Morgan fingerprint density at radius 1 is 1.37 bits per heavy atom. The number of ether oxygens (including phenoxy) is 1. The van der Waals surface area contributed by atoms with E-state index in [1.165, 1.54) is 4.88 Å². The van der Waals surface area contributed by atoms with E-state index in [9.17, 15) is 9.59 Å². The first kappa shape index (κ1) is 15.7. The lowest BCUT2D eigenvalue weighted by Crippen LogP contribution is -2.36. The SMILES string of the molecule is CCOC(=O)CN(CC)C(=O)CCCc1cccs1. The molecule has 0 radical (unpaired) electrons. The van der Waals surface area contributed by atoms with Crippen LogP contribution >= 0.6 is 11.3 Å². The number of carbonyl (C=O) groups is 2. The molecule has 0 saturated heterocycles. The number of aryl methyl sites for hydroxylation is 1. The van der Waals surface area contributed by atoms with E-state index in [-0.39, 0.29) is 18.4 Å². The average molecular weight is 283 g/mol. The lowest BCUT2D eigenvalue weighted by molar-refractivity contribution is -0.148. The van der Waals surface area contributed by atoms with Crippen molar-refractivity contribution in [3.8, 4) is 0 Å². The molecule has 0 fully saturated rings. The molecule has 0 aliphatic heterocycles. The summed E-state index contributed by atoms with van der Waals surface area (Å²) in [4.78, 5) is 26.2. The number of hydrogen-bond acceptors (Lipinski definition) is 4. The summed E-state index contributed by atoms with van der Waals surface area (Å²) in [6.45, 7) is 4.58. The van der Waals surface area contributed by atoms with Gasteiger partial charge in [0, 0.05) is 17.8 Å². The van der Waals surface area contributed by atoms with Gasteiger partial charge in [-0.1, -0.05) is 6.07 Å². The van der Waals surface area contributed by atoms with Gasteiger partial charge in [0.25, 0.3) is 0 Å². The monoisotopic (exact) mass is 283 g/mol. The Balaban J connectivity index is 2.30. The van der Waals surface area contributed by atoms with Crippen LogP contribution in [0.15, 0.2) is 17.5 Å². The second-order valence-electron chi connectivity index (χ2n) is 4.15. The van der Waals surface area contributed by atoms with Gasteiger partial charge >= 0.3 is 5.97 Å². The van der Waals surface area contributed by atoms with E-state index in [1.807, 2.05) is 18.4 Å². The van der Waals surface area contributed by atoms with Crippen molar-refractivity contribution in [2.45, 2.75) is 33.1 Å². The predicted octanol–water partition coefficient (Wildman–Crippen LogP) is 2.48. The minimum Gasteiger partial charge on any atom is -0.465 e. The fourth-order valence-electron chi connectivity index (χ4n) is 1.77. The van der Waals surface area contributed by atoms with Gasteiger partial charge in [0.2, 0.25) is 5.91 Å². The van der Waals surface area contributed by atoms with Gasteiger partial charge in [0.15, 0.2) is 0 Å². The number of carbonyl (C=O) groups excluding carboxylic acids is 2. The fraction of sp³-hybridized carbons (Fsp3) is 0.571. The maximum Gasteiger partial charge on any atom is 0.325 e. The Morgan fingerprint density at radius 3 is 2.74 bits per heavy atom. The van der Waals surface area contributed by atoms with Crippen LogP contribution in [0.5, 0.6) is 0 Å². The smallest absolute Gasteiger partial charge is 0.325 e. The molecule has 106 valence electrons. The molecule has 1 amide bonds. The molecular formula is C14H21NO3S. The molecule has 0 saturated carbocycles. The second-order valence-corrected chi connectivity index (χ2v) is 5.18. The lowest BCUT2D eigenvalue weighted by atomic mass is 10.2. The van der Waals surface area contributed by atoms with E-state index in [1.54, 1.807) is 23.2 Å². The zero-order chi connectivity index (χ0) is 14.1. The maximum atomic E-state index is 12.0. The quantitative estimate of drug-likeness (QED) is 0.689. The first-order valence-electron chi connectivity index (χ1n) is 6.63. The average Bonchev–Trinajstić information content (AvgIpc) is 2.89. The number of hydrogen-bond donors (Lipinski definition) is 0. The van der Waals surface area contributed by atoms with Crippen LogP contribution in [0, 0.1) is 0 Å². The molecule has 4 nitrogen and oxygen atoms in total. The minimum absolute atomic E-state index is 0.0205. The van der Waals surface area contributed by atoms with E-state index in [0.29, 0.717) is 19.6 Å². The normalized spacial score (nSPS) is 10.2. The number of esters is 1. The van der Waals surface area contributed by atoms with Crippen molar-refractivity contribution in [2.75, 3.05) is 19.7 Å². The number of likely N-dealkylation sites (N-methyl/N-ethyl adjacent to an activating group) is 1. The van der Waals surface area contributed by atoms with E-state index in [4.69, 9.17) is 4.74 Å². The van der Waals surface area contributed by atoms with Crippen molar-refractivity contribution in [3.05, 3.63) is 22.4 Å². The fourth-order valence-corrected chi connectivity index (χ4v) is 2.52. The predicted molar refractivity (Wildman–Crippen MR) is 76.1 cm³/mol. The Morgan fingerprint density at radius 2 is 2.16 bits per heavy atom. The summed E-state index contributed by atoms with van der Waals surface area (Å²) in [5.41, 5.74) is 0. The molecule has 0 aromatic carbocycles. The molecule has 1 aromatic heterocycles. The third kappa shape index (κ3) is 5.87. The third-order valence-corrected chi connectivity index (χ3v) is 3.69. The van der Waals surface area contributed by atoms with Gasteiger partial charge in [0.05, 0.1) is 6.61 Å². The molecular weight excluding hydrogens is 262 g/mol. The number of rotatable bonds is 8. The van der Waals surface area contributed by atoms with Crippen LogP contribution in [-0.2, 0) is 20.7 Å². The van der Waals surface area contributed by atoms with Gasteiger partial charge in [-0.15, -0.1) is 11.3 Å². The molecule has 0 N–H and O–H groups in total. The molecule has 0 aliphatic carbocycles. The highest BCUT2D eigenvalue weighted by atomic mass is 32.1. The van der Waals surface area contributed by atoms with E-state index in [2.05, 4.69) is 6.07 Å². The van der Waals surface area contributed by atoms with Crippen molar-refractivity contribution in [3.63, 3.8) is 0 Å². The van der Waals surface area contributed by atoms with Gasteiger partial charge in [-0.25, -0.2) is 0 Å². The minimum atomic E-state index is -0.337. The Labute approximate surface area is 118 Å². The van der Waals surface area contributed by atoms with Gasteiger partial charge in [-0.3, -0.25) is 9.59 Å². The van der Waals surface area contributed by atoms with Gasteiger partial charge < -0.3 is 9.64 Å². The zero-order valence-corrected chi connectivity index (χ0v) is 12.4. The highest BCUT2D eigenvalue weighted by Crippen LogP contribution is 2.12. The highest BCUT2D eigenvalue weighted by Gasteiger charge is 2.15. The Kier molecular flexibility index (Phi) is 7.18. The van der Waals surface area contributed by atoms with E-state index < -0.39 is 0 Å². The largest absolute Gasteiger partial charge is 0.465 e. The summed E-state index contributed by atoms with van der Waals surface area (Å²) in [5.74, 6) is -0.317. The molecule has 1 aromatic rings.